The van der Waals surface area contributed by atoms with Crippen LogP contribution in [0.3, 0.4) is 0 Å². The second kappa shape index (κ2) is 6.09. The smallest absolute Gasteiger partial charge is 0.260 e. The first-order chi connectivity index (χ1) is 12.2. The molecule has 2 heterocycles. The molecule has 0 bridgehead atoms. The molecular weight excluding hydrogens is 316 g/mol. The minimum atomic E-state index is -0.163. The molecule has 0 spiro atoms. The van der Waals surface area contributed by atoms with Crippen molar-refractivity contribution < 1.29 is 14.3 Å². The Bertz CT molecular complexity index is 915. The van der Waals surface area contributed by atoms with Gasteiger partial charge in [-0.3, -0.25) is 9.59 Å². The van der Waals surface area contributed by atoms with Crippen molar-refractivity contribution in [1.82, 2.24) is 0 Å². The summed E-state index contributed by atoms with van der Waals surface area (Å²) in [6, 6.07) is 13.2. The van der Waals surface area contributed by atoms with Gasteiger partial charge >= 0.3 is 0 Å². The van der Waals surface area contributed by atoms with Crippen LogP contribution in [0, 0.1) is 0 Å². The molecule has 0 atom stereocenters. The van der Waals surface area contributed by atoms with E-state index < -0.39 is 0 Å². The number of nitrogens with one attached hydrogen (secondary N) is 2. The van der Waals surface area contributed by atoms with Crippen LogP contribution in [0.5, 0.6) is 0 Å². The largest absolute Gasteiger partial charge is 0.487 e. The Hall–Kier alpha value is -3.08. The van der Waals surface area contributed by atoms with Crippen molar-refractivity contribution in [3.8, 4) is 0 Å². The van der Waals surface area contributed by atoms with Gasteiger partial charge in [-0.25, -0.2) is 0 Å². The Morgan fingerprint density at radius 2 is 2.04 bits per heavy atom. The quantitative estimate of drug-likeness (QED) is 0.840. The summed E-state index contributed by atoms with van der Waals surface area (Å²) < 4.78 is 5.85. The Balaban J connectivity index is 1.77. The molecule has 5 heteroatoms. The van der Waals surface area contributed by atoms with Gasteiger partial charge in [-0.1, -0.05) is 31.2 Å². The normalized spacial score (nSPS) is 17.6. The summed E-state index contributed by atoms with van der Waals surface area (Å²) in [5.74, 6) is 0.396. The maximum absolute atomic E-state index is 12.5. The predicted octanol–water partition coefficient (Wildman–Crippen LogP) is 3.78. The van der Waals surface area contributed by atoms with Gasteiger partial charge in [0.1, 0.15) is 12.4 Å². The highest BCUT2D eigenvalue weighted by molar-refractivity contribution is 6.36. The van der Waals surface area contributed by atoms with E-state index in [1.165, 1.54) is 0 Å². The van der Waals surface area contributed by atoms with Gasteiger partial charge in [0, 0.05) is 34.5 Å². The van der Waals surface area contributed by atoms with E-state index >= 15 is 0 Å². The molecule has 126 valence electrons. The lowest BCUT2D eigenvalue weighted by atomic mass is 10.00. The van der Waals surface area contributed by atoms with Crippen molar-refractivity contribution in [3.63, 3.8) is 0 Å². The third-order valence-electron chi connectivity index (χ3n) is 4.39. The molecule has 2 aromatic carbocycles. The molecule has 2 aromatic rings. The molecule has 25 heavy (non-hydrogen) atoms. The molecule has 5 nitrogen and oxygen atoms in total. The second-order valence-electron chi connectivity index (χ2n) is 6.16. The van der Waals surface area contributed by atoms with Gasteiger partial charge in [0.2, 0.25) is 5.91 Å². The lowest BCUT2D eigenvalue weighted by Crippen LogP contribution is -2.10. The molecule has 2 aliphatic rings. The summed E-state index contributed by atoms with van der Waals surface area (Å²) in [6.45, 7) is 2.39. The van der Waals surface area contributed by atoms with Gasteiger partial charge in [-0.05, 0) is 24.6 Å². The number of anilines is 2. The van der Waals surface area contributed by atoms with Crippen molar-refractivity contribution in [2.45, 2.75) is 26.4 Å². The molecule has 0 saturated carbocycles. The standard InChI is InChI=1S/C20H18N2O3/c1-2-5-17(23)21-13-9-8-12-11-25-19(15(12)10-13)18-14-6-3-4-7-16(14)22-20(18)24/h3-4,6-10H,2,5,11H2,1H3,(H,21,23)(H,22,24). The Morgan fingerprint density at radius 3 is 2.88 bits per heavy atom. The Morgan fingerprint density at radius 1 is 1.20 bits per heavy atom. The molecule has 0 aliphatic carbocycles. The number of para-hydroxylation sites is 1. The molecular formula is C20H18N2O3. The molecule has 4 rings (SSSR count). The number of hydrogen-bond donors (Lipinski definition) is 2. The second-order valence-corrected chi connectivity index (χ2v) is 6.16. The van der Waals surface area contributed by atoms with Crippen molar-refractivity contribution in [2.75, 3.05) is 10.6 Å². The van der Waals surface area contributed by atoms with Gasteiger partial charge in [0.25, 0.3) is 5.91 Å². The molecule has 2 amide bonds. The van der Waals surface area contributed by atoms with E-state index in [2.05, 4.69) is 10.6 Å². The van der Waals surface area contributed by atoms with E-state index in [1.807, 2.05) is 49.4 Å². The number of benzene rings is 2. The van der Waals surface area contributed by atoms with Crippen LogP contribution in [0.1, 0.15) is 36.5 Å². The fourth-order valence-corrected chi connectivity index (χ4v) is 3.22. The van der Waals surface area contributed by atoms with Crippen LogP contribution in [-0.2, 0) is 20.9 Å². The van der Waals surface area contributed by atoms with E-state index in [4.69, 9.17) is 4.74 Å². The Kier molecular flexibility index (Phi) is 3.76. The zero-order valence-corrected chi connectivity index (χ0v) is 13.9. The molecule has 0 saturated heterocycles. The zero-order valence-electron chi connectivity index (χ0n) is 13.9. The maximum Gasteiger partial charge on any atom is 0.260 e. The van der Waals surface area contributed by atoms with Gasteiger partial charge in [0.15, 0.2) is 0 Å². The summed E-state index contributed by atoms with van der Waals surface area (Å²) in [7, 11) is 0. The van der Waals surface area contributed by atoms with Crippen LogP contribution >= 0.6 is 0 Å². The van der Waals surface area contributed by atoms with Crippen LogP contribution in [0.2, 0.25) is 0 Å². The summed E-state index contributed by atoms with van der Waals surface area (Å²) in [5, 5.41) is 5.77. The molecule has 0 fully saturated rings. The number of ether oxygens (including phenoxy) is 1. The van der Waals surface area contributed by atoms with Crippen LogP contribution in [0.25, 0.3) is 11.3 Å². The van der Waals surface area contributed by atoms with Crippen molar-refractivity contribution in [1.29, 1.82) is 0 Å². The number of amides is 2. The van der Waals surface area contributed by atoms with E-state index in [0.29, 0.717) is 30.0 Å². The minimum Gasteiger partial charge on any atom is -0.487 e. The predicted molar refractivity (Wildman–Crippen MR) is 96.7 cm³/mol. The maximum atomic E-state index is 12.5. The summed E-state index contributed by atoms with van der Waals surface area (Å²) in [5.41, 5.74) is 4.76. The lowest BCUT2D eigenvalue weighted by Gasteiger charge is -2.08. The fraction of sp³-hybridized carbons (Fsp3) is 0.200. The average Bonchev–Trinajstić information content (AvgIpc) is 3.14. The van der Waals surface area contributed by atoms with Crippen LogP contribution in [0.15, 0.2) is 42.5 Å². The number of rotatable bonds is 3. The third kappa shape index (κ3) is 2.67. The first kappa shape index (κ1) is 15.4. The van der Waals surface area contributed by atoms with E-state index in [9.17, 15) is 9.59 Å². The SMILES string of the molecule is CCCC(=O)Nc1ccc2c(c1)C(=C1C(=O)Nc3ccccc31)OC2. The van der Waals surface area contributed by atoms with E-state index in [-0.39, 0.29) is 11.8 Å². The summed E-state index contributed by atoms with van der Waals surface area (Å²) in [6.07, 6.45) is 1.28. The summed E-state index contributed by atoms with van der Waals surface area (Å²) >= 11 is 0. The first-order valence-corrected chi connectivity index (χ1v) is 8.38. The number of carbonyl (C=O) groups excluding carboxylic acids is 2. The molecule has 2 N–H and O–H groups in total. The van der Waals surface area contributed by atoms with Crippen LogP contribution in [0.4, 0.5) is 11.4 Å². The highest BCUT2D eigenvalue weighted by atomic mass is 16.5. The van der Waals surface area contributed by atoms with Crippen LogP contribution in [-0.4, -0.2) is 11.8 Å². The van der Waals surface area contributed by atoms with Gasteiger partial charge in [0.05, 0.1) is 5.57 Å². The molecule has 0 radical (unpaired) electrons. The molecule has 2 aliphatic heterocycles. The highest BCUT2D eigenvalue weighted by Crippen LogP contribution is 2.42. The van der Waals surface area contributed by atoms with Crippen molar-refractivity contribution >= 4 is 34.5 Å². The van der Waals surface area contributed by atoms with E-state index in [0.717, 1.165) is 28.8 Å². The number of hydrogen-bond acceptors (Lipinski definition) is 3. The number of carbonyl (C=O) groups is 2. The zero-order chi connectivity index (χ0) is 17.4. The number of fused-ring (bicyclic) bond motifs is 2. The van der Waals surface area contributed by atoms with Crippen LogP contribution < -0.4 is 10.6 Å². The molecule has 0 unspecified atom stereocenters. The lowest BCUT2D eigenvalue weighted by molar-refractivity contribution is -0.116. The Labute approximate surface area is 145 Å². The van der Waals surface area contributed by atoms with Crippen molar-refractivity contribution in [2.24, 2.45) is 0 Å². The monoisotopic (exact) mass is 334 g/mol. The topological polar surface area (TPSA) is 67.4 Å². The van der Waals surface area contributed by atoms with Gasteiger partial charge < -0.3 is 15.4 Å². The van der Waals surface area contributed by atoms with Gasteiger partial charge in [-0.15, -0.1) is 0 Å². The van der Waals surface area contributed by atoms with Gasteiger partial charge in [-0.2, -0.15) is 0 Å². The third-order valence-corrected chi connectivity index (χ3v) is 4.39. The highest BCUT2D eigenvalue weighted by Gasteiger charge is 2.32. The first-order valence-electron chi connectivity index (χ1n) is 8.38. The minimum absolute atomic E-state index is 0.0143. The fourth-order valence-electron chi connectivity index (χ4n) is 3.22. The van der Waals surface area contributed by atoms with Crippen molar-refractivity contribution in [3.05, 3.63) is 59.2 Å². The molecule has 0 aromatic heterocycles. The average molecular weight is 334 g/mol. The summed E-state index contributed by atoms with van der Waals surface area (Å²) in [4.78, 5) is 24.3. The van der Waals surface area contributed by atoms with E-state index in [1.54, 1.807) is 0 Å².